The van der Waals surface area contributed by atoms with Gasteiger partial charge in [-0.2, -0.15) is 0 Å². The highest BCUT2D eigenvalue weighted by Crippen LogP contribution is 2.77. The average molecular weight is 385 g/mol. The van der Waals surface area contributed by atoms with E-state index in [1.54, 1.807) is 12.3 Å². The van der Waals surface area contributed by atoms with Crippen LogP contribution in [0.1, 0.15) is 76.7 Å². The molecule has 2 heterocycles. The maximum absolute atomic E-state index is 11.4. The van der Waals surface area contributed by atoms with Crippen LogP contribution in [-0.2, 0) is 4.74 Å². The number of hydrogen-bond acceptors (Lipinski definition) is 4. The number of rotatable bonds is 1. The van der Waals surface area contributed by atoms with Gasteiger partial charge in [0.05, 0.1) is 18.5 Å². The van der Waals surface area contributed by atoms with Crippen LogP contribution >= 0.6 is 0 Å². The Hall–Kier alpha value is -1.13. The molecule has 5 aliphatic rings. The lowest BCUT2D eigenvalue weighted by Crippen LogP contribution is -2.58. The van der Waals surface area contributed by atoms with Gasteiger partial charge in [-0.15, -0.1) is 0 Å². The van der Waals surface area contributed by atoms with Crippen LogP contribution in [0.3, 0.4) is 0 Å². The van der Waals surface area contributed by atoms with E-state index < -0.39 is 0 Å². The SMILES string of the molecule is C[C@]12CC[C@H](O)C[C@@H]1CC[C@@H]1[C@@H]2CC[C@]2(C)[C@@H](c3ccc(=O)oc3)C[C@@H]3O[C@@]312. The third-order valence-electron chi connectivity index (χ3n) is 10.2. The van der Waals surface area contributed by atoms with E-state index in [0.717, 1.165) is 25.2 Å². The summed E-state index contributed by atoms with van der Waals surface area (Å²) in [5.41, 5.74) is 1.44. The number of epoxide rings is 1. The van der Waals surface area contributed by atoms with E-state index >= 15 is 0 Å². The molecule has 1 aromatic rings. The molecule has 1 aromatic heterocycles. The fraction of sp³-hybridized carbons (Fsp3) is 0.792. The van der Waals surface area contributed by atoms with Gasteiger partial charge in [0.2, 0.25) is 0 Å². The van der Waals surface area contributed by atoms with Gasteiger partial charge in [-0.05, 0) is 92.1 Å². The summed E-state index contributed by atoms with van der Waals surface area (Å²) in [7, 11) is 0. The van der Waals surface area contributed by atoms with E-state index in [-0.39, 0.29) is 22.7 Å². The molecule has 1 aliphatic heterocycles. The van der Waals surface area contributed by atoms with E-state index in [0.29, 0.717) is 29.3 Å². The van der Waals surface area contributed by atoms with Crippen molar-refractivity contribution in [2.45, 2.75) is 88.9 Å². The fourth-order valence-electron chi connectivity index (χ4n) is 8.74. The number of aliphatic hydroxyl groups excluding tert-OH is 1. The lowest BCUT2D eigenvalue weighted by atomic mass is 9.44. The summed E-state index contributed by atoms with van der Waals surface area (Å²) in [6.07, 6.45) is 11.1. The number of ether oxygens (including phenoxy) is 1. The van der Waals surface area contributed by atoms with Crippen LogP contribution in [0.5, 0.6) is 0 Å². The van der Waals surface area contributed by atoms with Crippen molar-refractivity contribution >= 4 is 0 Å². The molecule has 4 saturated carbocycles. The minimum absolute atomic E-state index is 0.0285. The maximum Gasteiger partial charge on any atom is 0.335 e. The molecule has 4 aliphatic carbocycles. The molecule has 1 N–H and O–H groups in total. The predicted molar refractivity (Wildman–Crippen MR) is 105 cm³/mol. The molecule has 1 saturated heterocycles. The summed E-state index contributed by atoms with van der Waals surface area (Å²) < 4.78 is 11.8. The largest absolute Gasteiger partial charge is 0.431 e. The third kappa shape index (κ3) is 2.01. The molecule has 0 radical (unpaired) electrons. The molecule has 0 amide bonds. The molecule has 28 heavy (non-hydrogen) atoms. The molecule has 5 fully saturated rings. The Labute approximate surface area is 166 Å². The molecule has 0 aromatic carbocycles. The van der Waals surface area contributed by atoms with Gasteiger partial charge in [0.1, 0.15) is 5.60 Å². The minimum atomic E-state index is -0.266. The van der Waals surface area contributed by atoms with E-state index in [2.05, 4.69) is 13.8 Å². The van der Waals surface area contributed by atoms with Crippen molar-refractivity contribution in [2.24, 2.45) is 28.6 Å². The van der Waals surface area contributed by atoms with Crippen molar-refractivity contribution in [1.29, 1.82) is 0 Å². The van der Waals surface area contributed by atoms with Crippen molar-refractivity contribution in [3.05, 3.63) is 34.4 Å². The van der Waals surface area contributed by atoms with Gasteiger partial charge >= 0.3 is 5.63 Å². The van der Waals surface area contributed by atoms with Gasteiger partial charge in [0.15, 0.2) is 0 Å². The van der Waals surface area contributed by atoms with E-state index in [9.17, 15) is 9.90 Å². The first kappa shape index (κ1) is 17.7. The summed E-state index contributed by atoms with van der Waals surface area (Å²) in [6.45, 7) is 4.97. The molecular formula is C24H32O4. The molecule has 0 unspecified atom stereocenters. The average Bonchev–Trinajstić information content (AvgIpc) is 3.33. The summed E-state index contributed by atoms with van der Waals surface area (Å²) in [6, 6.07) is 3.55. The molecular weight excluding hydrogens is 352 g/mol. The zero-order valence-electron chi connectivity index (χ0n) is 17.0. The van der Waals surface area contributed by atoms with E-state index in [1.807, 2.05) is 6.07 Å². The highest BCUT2D eigenvalue weighted by molar-refractivity contribution is 5.35. The first-order valence-electron chi connectivity index (χ1n) is 11.3. The monoisotopic (exact) mass is 384 g/mol. The van der Waals surface area contributed by atoms with Gasteiger partial charge in [0.25, 0.3) is 0 Å². The molecule has 6 rings (SSSR count). The summed E-state index contributed by atoms with van der Waals surface area (Å²) in [5, 5.41) is 10.2. The standard InChI is InChI=1S/C24H32O4/c1-22-9-7-16(25)11-15(22)4-5-18-17(22)8-10-23(2)19(12-20-24(18,23)28-20)14-3-6-21(26)27-13-14/h3,6,13,15-20,25H,4-5,7-12H2,1-2H3/t15-,16-,17-,18+,19+,20-,22-,23+,24+/m0/s1. The second-order valence-electron chi connectivity index (χ2n) is 11.0. The maximum atomic E-state index is 11.4. The van der Waals surface area contributed by atoms with Crippen LogP contribution in [0.2, 0.25) is 0 Å². The molecule has 9 atom stereocenters. The van der Waals surface area contributed by atoms with Crippen molar-refractivity contribution in [1.82, 2.24) is 0 Å². The second-order valence-corrected chi connectivity index (χ2v) is 11.0. The fourth-order valence-corrected chi connectivity index (χ4v) is 8.74. The topological polar surface area (TPSA) is 63.0 Å². The van der Waals surface area contributed by atoms with Gasteiger partial charge < -0.3 is 14.3 Å². The Morgan fingerprint density at radius 1 is 1.04 bits per heavy atom. The lowest BCUT2D eigenvalue weighted by Gasteiger charge is -2.61. The van der Waals surface area contributed by atoms with Crippen LogP contribution in [0.15, 0.2) is 27.6 Å². The molecule has 4 heteroatoms. The Morgan fingerprint density at radius 3 is 2.68 bits per heavy atom. The Morgan fingerprint density at radius 2 is 1.89 bits per heavy atom. The molecule has 0 bridgehead atoms. The Balaban J connectivity index is 1.36. The van der Waals surface area contributed by atoms with Crippen LogP contribution in [0.25, 0.3) is 0 Å². The first-order valence-corrected chi connectivity index (χ1v) is 11.3. The number of fused-ring (bicyclic) bond motifs is 3. The van der Waals surface area contributed by atoms with E-state index in [1.165, 1.54) is 37.7 Å². The van der Waals surface area contributed by atoms with Crippen molar-refractivity contribution in [3.63, 3.8) is 0 Å². The van der Waals surface area contributed by atoms with Gasteiger partial charge in [0, 0.05) is 11.5 Å². The quantitative estimate of drug-likeness (QED) is 0.735. The zero-order valence-corrected chi connectivity index (χ0v) is 17.0. The normalized spacial score (nSPS) is 54.2. The number of hydrogen-bond donors (Lipinski definition) is 1. The van der Waals surface area contributed by atoms with Crippen LogP contribution in [0, 0.1) is 28.6 Å². The number of aliphatic hydroxyl groups is 1. The van der Waals surface area contributed by atoms with Crippen molar-refractivity contribution in [2.75, 3.05) is 0 Å². The highest BCUT2D eigenvalue weighted by atomic mass is 16.6. The van der Waals surface area contributed by atoms with Gasteiger partial charge in [-0.25, -0.2) is 4.79 Å². The summed E-state index contributed by atoms with van der Waals surface area (Å²) in [5.74, 6) is 2.48. The van der Waals surface area contributed by atoms with Gasteiger partial charge in [-0.3, -0.25) is 0 Å². The minimum Gasteiger partial charge on any atom is -0.431 e. The van der Waals surface area contributed by atoms with Crippen LogP contribution < -0.4 is 5.63 Å². The van der Waals surface area contributed by atoms with Crippen LogP contribution in [0.4, 0.5) is 0 Å². The predicted octanol–water partition coefficient (Wildman–Crippen LogP) is 4.26. The van der Waals surface area contributed by atoms with E-state index in [4.69, 9.17) is 9.15 Å². The second kappa shape index (κ2) is 5.51. The molecule has 4 nitrogen and oxygen atoms in total. The zero-order chi connectivity index (χ0) is 19.3. The molecule has 152 valence electrons. The molecule has 1 spiro atoms. The van der Waals surface area contributed by atoms with Gasteiger partial charge in [-0.1, -0.05) is 13.8 Å². The van der Waals surface area contributed by atoms with Crippen molar-refractivity contribution < 1.29 is 14.3 Å². The Bertz CT molecular complexity index is 842. The van der Waals surface area contributed by atoms with Crippen molar-refractivity contribution in [3.8, 4) is 0 Å². The summed E-state index contributed by atoms with van der Waals surface area (Å²) in [4.78, 5) is 11.4. The first-order chi connectivity index (χ1) is 13.4. The lowest BCUT2D eigenvalue weighted by molar-refractivity contribution is -0.139. The highest BCUT2D eigenvalue weighted by Gasteiger charge is 2.80. The third-order valence-corrected chi connectivity index (χ3v) is 10.2. The summed E-state index contributed by atoms with van der Waals surface area (Å²) >= 11 is 0. The Kier molecular flexibility index (Phi) is 3.49. The smallest absolute Gasteiger partial charge is 0.335 e. The van der Waals surface area contributed by atoms with Crippen LogP contribution in [-0.4, -0.2) is 22.9 Å².